The highest BCUT2D eigenvalue weighted by Gasteiger charge is 2.12. The number of benzene rings is 1. The van der Waals surface area contributed by atoms with Crippen LogP contribution in [0.3, 0.4) is 0 Å². The molecule has 1 aromatic rings. The van der Waals surface area contributed by atoms with Crippen LogP contribution in [0, 0.1) is 5.92 Å². The zero-order valence-corrected chi connectivity index (χ0v) is 7.49. The van der Waals surface area contributed by atoms with E-state index in [0.29, 0.717) is 5.92 Å². The van der Waals surface area contributed by atoms with E-state index in [1.165, 1.54) is 0 Å². The lowest BCUT2D eigenvalue weighted by Gasteiger charge is -2.18. The molecule has 66 valence electrons. The molecule has 0 aliphatic rings. The zero-order valence-electron chi connectivity index (χ0n) is 7.49. The second-order valence-corrected chi connectivity index (χ2v) is 3.26. The lowest BCUT2D eigenvalue weighted by Crippen LogP contribution is -2.22. The van der Waals surface area contributed by atoms with Gasteiger partial charge in [0.05, 0.1) is 6.04 Å². The number of nitrogens with one attached hydrogen (secondary N) is 1. The second kappa shape index (κ2) is 4.24. The van der Waals surface area contributed by atoms with E-state index in [1.54, 1.807) is 0 Å². The van der Waals surface area contributed by atoms with Crippen LogP contribution in [0.4, 0.5) is 0 Å². The van der Waals surface area contributed by atoms with Crippen molar-refractivity contribution in [3.8, 4) is 0 Å². The van der Waals surface area contributed by atoms with Gasteiger partial charge in [-0.15, -0.1) is 0 Å². The maximum Gasteiger partial charge on any atom is 0.0591 e. The summed E-state index contributed by atoms with van der Waals surface area (Å²) in [5, 5.41) is 8.90. The van der Waals surface area contributed by atoms with E-state index in [-0.39, 0.29) is 6.04 Å². The maximum atomic E-state index is 8.90. The highest BCUT2D eigenvalue weighted by atomic mass is 16.5. The SMILES string of the molecule is CC(C)[C@H](NO)c1ccccc1. The maximum absolute atomic E-state index is 8.90. The fourth-order valence-corrected chi connectivity index (χ4v) is 1.27. The molecule has 0 saturated heterocycles. The molecule has 0 heterocycles. The minimum atomic E-state index is 0.0335. The van der Waals surface area contributed by atoms with E-state index in [1.807, 2.05) is 30.3 Å². The van der Waals surface area contributed by atoms with Crippen LogP contribution in [0.2, 0.25) is 0 Å². The van der Waals surface area contributed by atoms with Gasteiger partial charge in [0.2, 0.25) is 0 Å². The van der Waals surface area contributed by atoms with Crippen LogP contribution in [0.1, 0.15) is 25.5 Å². The van der Waals surface area contributed by atoms with Gasteiger partial charge in [0.15, 0.2) is 0 Å². The molecule has 0 aliphatic heterocycles. The summed E-state index contributed by atoms with van der Waals surface area (Å²) < 4.78 is 0. The summed E-state index contributed by atoms with van der Waals surface area (Å²) >= 11 is 0. The largest absolute Gasteiger partial charge is 0.316 e. The van der Waals surface area contributed by atoms with Crippen molar-refractivity contribution < 1.29 is 5.21 Å². The summed E-state index contributed by atoms with van der Waals surface area (Å²) in [7, 11) is 0. The van der Waals surface area contributed by atoms with Gasteiger partial charge < -0.3 is 5.21 Å². The van der Waals surface area contributed by atoms with E-state index in [0.717, 1.165) is 5.56 Å². The molecule has 2 heteroatoms. The van der Waals surface area contributed by atoms with Crippen LogP contribution in [-0.4, -0.2) is 5.21 Å². The summed E-state index contributed by atoms with van der Waals surface area (Å²) in [6.45, 7) is 4.14. The van der Waals surface area contributed by atoms with Crippen molar-refractivity contribution >= 4 is 0 Å². The minimum absolute atomic E-state index is 0.0335. The summed E-state index contributed by atoms with van der Waals surface area (Å²) in [6, 6.07) is 9.97. The van der Waals surface area contributed by atoms with E-state index in [4.69, 9.17) is 5.21 Å². The molecule has 0 amide bonds. The molecule has 0 fully saturated rings. The van der Waals surface area contributed by atoms with Gasteiger partial charge in [0.1, 0.15) is 0 Å². The lowest BCUT2D eigenvalue weighted by molar-refractivity contribution is 0.105. The van der Waals surface area contributed by atoms with Crippen LogP contribution < -0.4 is 5.48 Å². The van der Waals surface area contributed by atoms with Gasteiger partial charge in [0, 0.05) is 0 Å². The normalized spacial score (nSPS) is 13.3. The summed E-state index contributed by atoms with van der Waals surface area (Å²) in [4.78, 5) is 0. The fourth-order valence-electron chi connectivity index (χ4n) is 1.27. The van der Waals surface area contributed by atoms with E-state index in [9.17, 15) is 0 Å². The van der Waals surface area contributed by atoms with E-state index in [2.05, 4.69) is 19.3 Å². The van der Waals surface area contributed by atoms with Gasteiger partial charge in [-0.05, 0) is 11.5 Å². The van der Waals surface area contributed by atoms with Crippen LogP contribution in [0.25, 0.3) is 0 Å². The van der Waals surface area contributed by atoms with Crippen molar-refractivity contribution in [3.63, 3.8) is 0 Å². The molecule has 0 spiro atoms. The second-order valence-electron chi connectivity index (χ2n) is 3.26. The van der Waals surface area contributed by atoms with Gasteiger partial charge in [-0.25, -0.2) is 0 Å². The predicted octanol–water partition coefficient (Wildman–Crippen LogP) is 2.36. The fraction of sp³-hybridized carbons (Fsp3) is 0.400. The van der Waals surface area contributed by atoms with Crippen molar-refractivity contribution in [2.45, 2.75) is 19.9 Å². The molecule has 0 saturated carbocycles. The molecule has 0 radical (unpaired) electrons. The summed E-state index contributed by atoms with van der Waals surface area (Å²) in [5.41, 5.74) is 3.44. The quantitative estimate of drug-likeness (QED) is 0.674. The average Bonchev–Trinajstić information content (AvgIpc) is 2.07. The van der Waals surface area contributed by atoms with Gasteiger partial charge in [-0.2, -0.15) is 5.48 Å². The molecule has 0 unspecified atom stereocenters. The number of hydrogen-bond acceptors (Lipinski definition) is 2. The Balaban J connectivity index is 2.80. The van der Waals surface area contributed by atoms with Gasteiger partial charge >= 0.3 is 0 Å². The Hall–Kier alpha value is -0.860. The Bertz CT molecular complexity index is 221. The molecule has 2 nitrogen and oxygen atoms in total. The van der Waals surface area contributed by atoms with E-state index < -0.39 is 0 Å². The summed E-state index contributed by atoms with van der Waals surface area (Å²) in [5.74, 6) is 0.386. The smallest absolute Gasteiger partial charge is 0.0591 e. The molecule has 1 aromatic carbocycles. The molecular weight excluding hydrogens is 150 g/mol. The minimum Gasteiger partial charge on any atom is -0.316 e. The molecule has 1 rings (SSSR count). The first-order chi connectivity index (χ1) is 5.75. The van der Waals surface area contributed by atoms with Crippen LogP contribution in [0.5, 0.6) is 0 Å². The average molecular weight is 165 g/mol. The topological polar surface area (TPSA) is 32.3 Å². The van der Waals surface area contributed by atoms with Crippen molar-refractivity contribution in [3.05, 3.63) is 35.9 Å². The number of rotatable bonds is 3. The predicted molar refractivity (Wildman–Crippen MR) is 48.9 cm³/mol. The van der Waals surface area contributed by atoms with Crippen LogP contribution in [-0.2, 0) is 0 Å². The molecule has 1 atom stereocenters. The van der Waals surface area contributed by atoms with Gasteiger partial charge in [0.25, 0.3) is 0 Å². The van der Waals surface area contributed by atoms with Crippen molar-refractivity contribution in [1.82, 2.24) is 5.48 Å². The third kappa shape index (κ3) is 2.06. The molecule has 0 bridgehead atoms. The third-order valence-corrected chi connectivity index (χ3v) is 1.96. The molecule has 0 aromatic heterocycles. The molecule has 12 heavy (non-hydrogen) atoms. The first kappa shape index (κ1) is 9.23. The number of hydrogen-bond donors (Lipinski definition) is 2. The van der Waals surface area contributed by atoms with E-state index >= 15 is 0 Å². The van der Waals surface area contributed by atoms with Crippen LogP contribution in [0.15, 0.2) is 30.3 Å². The zero-order chi connectivity index (χ0) is 8.97. The number of hydroxylamine groups is 1. The van der Waals surface area contributed by atoms with Gasteiger partial charge in [-0.1, -0.05) is 44.2 Å². The molecule has 2 N–H and O–H groups in total. The lowest BCUT2D eigenvalue weighted by atomic mass is 9.97. The van der Waals surface area contributed by atoms with Crippen molar-refractivity contribution in [2.75, 3.05) is 0 Å². The molecular formula is C10H15NO. The Morgan fingerprint density at radius 2 is 1.75 bits per heavy atom. The standard InChI is InChI=1S/C10H15NO/c1-8(2)10(11-12)9-6-4-3-5-7-9/h3-8,10-12H,1-2H3/t10-/m0/s1. The van der Waals surface area contributed by atoms with Crippen molar-refractivity contribution in [1.29, 1.82) is 0 Å². The Kier molecular flexibility index (Phi) is 3.26. The molecule has 0 aliphatic carbocycles. The Morgan fingerprint density at radius 1 is 1.17 bits per heavy atom. The van der Waals surface area contributed by atoms with Crippen molar-refractivity contribution in [2.24, 2.45) is 5.92 Å². The summed E-state index contributed by atoms with van der Waals surface area (Å²) in [6.07, 6.45) is 0. The highest BCUT2D eigenvalue weighted by molar-refractivity contribution is 5.18. The Morgan fingerprint density at radius 3 is 2.17 bits per heavy atom. The monoisotopic (exact) mass is 165 g/mol. The Labute approximate surface area is 73.2 Å². The first-order valence-corrected chi connectivity index (χ1v) is 4.20. The van der Waals surface area contributed by atoms with Crippen LogP contribution >= 0.6 is 0 Å². The highest BCUT2D eigenvalue weighted by Crippen LogP contribution is 2.19. The van der Waals surface area contributed by atoms with Gasteiger partial charge in [-0.3, -0.25) is 0 Å². The third-order valence-electron chi connectivity index (χ3n) is 1.96. The first-order valence-electron chi connectivity index (χ1n) is 4.20.